The van der Waals surface area contributed by atoms with E-state index >= 15 is 0 Å². The molecule has 130 valence electrons. The lowest BCUT2D eigenvalue weighted by Crippen LogP contribution is -1.84. The van der Waals surface area contributed by atoms with Gasteiger partial charge in [0.05, 0.1) is 5.76 Å². The average Bonchev–Trinajstić information content (AvgIpc) is 2.52. The Labute approximate surface area is 141 Å². The van der Waals surface area contributed by atoms with Crippen molar-refractivity contribution in [2.24, 2.45) is 0 Å². The molecule has 0 unspecified atom stereocenters. The molecule has 0 saturated carbocycles. The van der Waals surface area contributed by atoms with Crippen molar-refractivity contribution in [1.82, 2.24) is 0 Å². The van der Waals surface area contributed by atoms with Crippen molar-refractivity contribution in [3.8, 4) is 0 Å². The Morgan fingerprint density at radius 3 is 1.87 bits per heavy atom. The maximum atomic E-state index is 10.2. The summed E-state index contributed by atoms with van der Waals surface area (Å²) >= 11 is 0. The number of hydrogen-bond acceptors (Lipinski definition) is 2. The van der Waals surface area contributed by atoms with Crippen LogP contribution in [0.4, 0.5) is 0 Å². The van der Waals surface area contributed by atoms with Crippen molar-refractivity contribution in [2.45, 2.75) is 71.1 Å². The minimum atomic E-state index is -0.961. The fourth-order valence-electron chi connectivity index (χ4n) is 2.20. The molecular formula is C20H32O3. The van der Waals surface area contributed by atoms with E-state index in [1.807, 2.05) is 0 Å². The molecular weight excluding hydrogens is 288 g/mol. The molecule has 0 atom stereocenters. The second-order valence-electron chi connectivity index (χ2n) is 5.70. The van der Waals surface area contributed by atoms with Crippen LogP contribution in [0, 0.1) is 0 Å². The van der Waals surface area contributed by atoms with Crippen LogP contribution < -0.4 is 0 Å². The van der Waals surface area contributed by atoms with Crippen LogP contribution in [0.2, 0.25) is 0 Å². The van der Waals surface area contributed by atoms with Crippen LogP contribution in [0.5, 0.6) is 0 Å². The maximum absolute atomic E-state index is 10.2. The van der Waals surface area contributed by atoms with Crippen molar-refractivity contribution < 1.29 is 15.0 Å². The van der Waals surface area contributed by atoms with Gasteiger partial charge in [-0.25, -0.2) is 4.79 Å². The van der Waals surface area contributed by atoms with Crippen molar-refractivity contribution in [1.29, 1.82) is 0 Å². The highest BCUT2D eigenvalue weighted by molar-refractivity contribution is 5.80. The van der Waals surface area contributed by atoms with E-state index in [1.54, 1.807) is 30.4 Å². The molecule has 3 heteroatoms. The number of carboxylic acid groups (broad SMARTS) is 1. The Balaban J connectivity index is 3.58. The predicted molar refractivity (Wildman–Crippen MR) is 97.6 cm³/mol. The van der Waals surface area contributed by atoms with Crippen LogP contribution in [0.25, 0.3) is 0 Å². The van der Waals surface area contributed by atoms with Gasteiger partial charge in [-0.05, 0) is 12.5 Å². The SMILES string of the molecule is CCCCCCCCCCC/C(O)=C/C=C/C=C/C=C/C(=O)O. The number of aliphatic hydroxyl groups is 1. The van der Waals surface area contributed by atoms with E-state index in [2.05, 4.69) is 6.92 Å². The first kappa shape index (κ1) is 21.2. The second-order valence-corrected chi connectivity index (χ2v) is 5.70. The number of carbonyl (C=O) groups is 1. The first-order valence-corrected chi connectivity index (χ1v) is 8.79. The van der Waals surface area contributed by atoms with Crippen LogP contribution in [0.15, 0.2) is 48.3 Å². The summed E-state index contributed by atoms with van der Waals surface area (Å²) < 4.78 is 0. The van der Waals surface area contributed by atoms with Gasteiger partial charge in [-0.3, -0.25) is 0 Å². The Morgan fingerprint density at radius 2 is 1.26 bits per heavy atom. The first-order valence-electron chi connectivity index (χ1n) is 8.79. The minimum absolute atomic E-state index is 0.402. The number of rotatable bonds is 14. The monoisotopic (exact) mass is 320 g/mol. The largest absolute Gasteiger partial charge is 0.512 e. The van der Waals surface area contributed by atoms with Gasteiger partial charge in [0.2, 0.25) is 0 Å². The summed E-state index contributed by atoms with van der Waals surface area (Å²) in [5, 5.41) is 18.1. The topological polar surface area (TPSA) is 57.5 Å². The predicted octanol–water partition coefficient (Wildman–Crippen LogP) is 6.10. The molecule has 0 aromatic heterocycles. The molecule has 2 N–H and O–H groups in total. The molecule has 0 aliphatic heterocycles. The Bertz CT molecular complexity index is 403. The van der Waals surface area contributed by atoms with Crippen LogP contribution >= 0.6 is 0 Å². The molecule has 0 aromatic carbocycles. The number of aliphatic carboxylic acids is 1. The molecule has 0 fully saturated rings. The van der Waals surface area contributed by atoms with Gasteiger partial charge < -0.3 is 10.2 Å². The van der Waals surface area contributed by atoms with Gasteiger partial charge in [0.15, 0.2) is 0 Å². The fourth-order valence-corrected chi connectivity index (χ4v) is 2.20. The maximum Gasteiger partial charge on any atom is 0.328 e. The van der Waals surface area contributed by atoms with Gasteiger partial charge in [-0.15, -0.1) is 0 Å². The number of unbranched alkanes of at least 4 members (excludes halogenated alkanes) is 8. The molecule has 0 heterocycles. The highest BCUT2D eigenvalue weighted by Gasteiger charge is 1.94. The van der Waals surface area contributed by atoms with E-state index in [1.165, 1.54) is 57.4 Å². The lowest BCUT2D eigenvalue weighted by Gasteiger charge is -2.02. The van der Waals surface area contributed by atoms with Crippen molar-refractivity contribution in [2.75, 3.05) is 0 Å². The zero-order chi connectivity index (χ0) is 17.2. The number of aliphatic hydroxyl groups excluding tert-OH is 1. The summed E-state index contributed by atoms with van der Waals surface area (Å²) in [6, 6.07) is 0. The molecule has 0 rings (SSSR count). The number of hydrogen-bond donors (Lipinski definition) is 2. The lowest BCUT2D eigenvalue weighted by molar-refractivity contribution is -0.131. The zero-order valence-electron chi connectivity index (χ0n) is 14.4. The summed E-state index contributed by atoms with van der Waals surface area (Å²) in [6.45, 7) is 2.24. The second kappa shape index (κ2) is 16.6. The van der Waals surface area contributed by atoms with Crippen LogP contribution in [0.3, 0.4) is 0 Å². The van der Waals surface area contributed by atoms with E-state index < -0.39 is 5.97 Å². The summed E-state index contributed by atoms with van der Waals surface area (Å²) in [7, 11) is 0. The quantitative estimate of drug-likeness (QED) is 0.176. The third-order valence-electron chi connectivity index (χ3n) is 3.51. The third-order valence-corrected chi connectivity index (χ3v) is 3.51. The molecule has 0 amide bonds. The lowest BCUT2D eigenvalue weighted by atomic mass is 10.1. The van der Waals surface area contributed by atoms with E-state index in [9.17, 15) is 9.90 Å². The third kappa shape index (κ3) is 18.2. The smallest absolute Gasteiger partial charge is 0.328 e. The number of carboxylic acids is 1. The summed E-state index contributed by atoms with van der Waals surface area (Å²) in [5.74, 6) is -0.559. The molecule has 0 radical (unpaired) electrons. The molecule has 0 bridgehead atoms. The molecule has 0 aliphatic carbocycles. The van der Waals surface area contributed by atoms with Gasteiger partial charge in [0.25, 0.3) is 0 Å². The highest BCUT2D eigenvalue weighted by Crippen LogP contribution is 2.12. The summed E-state index contributed by atoms with van der Waals surface area (Å²) in [5.41, 5.74) is 0. The average molecular weight is 320 g/mol. The van der Waals surface area contributed by atoms with Gasteiger partial charge >= 0.3 is 5.97 Å². The van der Waals surface area contributed by atoms with Crippen molar-refractivity contribution in [3.05, 3.63) is 48.3 Å². The van der Waals surface area contributed by atoms with E-state index in [0.717, 1.165) is 18.9 Å². The molecule has 0 saturated heterocycles. The molecule has 0 spiro atoms. The van der Waals surface area contributed by atoms with E-state index in [-0.39, 0.29) is 0 Å². The van der Waals surface area contributed by atoms with Crippen LogP contribution in [-0.4, -0.2) is 16.2 Å². The van der Waals surface area contributed by atoms with Crippen LogP contribution in [-0.2, 0) is 4.79 Å². The van der Waals surface area contributed by atoms with Gasteiger partial charge in [-0.2, -0.15) is 0 Å². The van der Waals surface area contributed by atoms with Crippen molar-refractivity contribution in [3.63, 3.8) is 0 Å². The first-order chi connectivity index (χ1) is 11.2. The normalized spacial score (nSPS) is 12.8. The minimum Gasteiger partial charge on any atom is -0.512 e. The van der Waals surface area contributed by atoms with Crippen molar-refractivity contribution >= 4 is 5.97 Å². The van der Waals surface area contributed by atoms with E-state index in [0.29, 0.717) is 5.76 Å². The van der Waals surface area contributed by atoms with E-state index in [4.69, 9.17) is 5.11 Å². The van der Waals surface area contributed by atoms with Gasteiger partial charge in [-0.1, -0.05) is 88.7 Å². The Hall–Kier alpha value is -1.77. The molecule has 23 heavy (non-hydrogen) atoms. The Kier molecular flexibility index (Phi) is 15.3. The molecule has 0 aromatic rings. The molecule has 0 aliphatic rings. The highest BCUT2D eigenvalue weighted by atomic mass is 16.4. The number of allylic oxidation sites excluding steroid dienone is 7. The van der Waals surface area contributed by atoms with Gasteiger partial charge in [0, 0.05) is 12.5 Å². The summed E-state index contributed by atoms with van der Waals surface area (Å²) in [6.07, 6.45) is 23.3. The summed E-state index contributed by atoms with van der Waals surface area (Å²) in [4.78, 5) is 10.2. The molecule has 3 nitrogen and oxygen atoms in total. The van der Waals surface area contributed by atoms with Gasteiger partial charge in [0.1, 0.15) is 0 Å². The Morgan fingerprint density at radius 1 is 0.739 bits per heavy atom. The fraction of sp³-hybridized carbons (Fsp3) is 0.550. The van der Waals surface area contributed by atoms with Crippen LogP contribution in [0.1, 0.15) is 71.1 Å². The zero-order valence-corrected chi connectivity index (χ0v) is 14.4. The standard InChI is InChI=1S/C20H32O3/c1-2-3-4-5-6-7-8-10-13-16-19(21)17-14-11-9-12-15-18-20(22)23/h9,11-12,14-15,17-18,21H,2-8,10,13,16H2,1H3,(H,22,23)/b12-9+,14-11+,18-15+,19-17-.